The molecule has 0 aliphatic carbocycles. The molecular weight excluding hydrogens is 427 g/mol. The molecule has 1 saturated heterocycles. The van der Waals surface area contributed by atoms with Crippen LogP contribution >= 0.6 is 24.0 Å². The highest BCUT2D eigenvalue weighted by molar-refractivity contribution is 14.0. The van der Waals surface area contributed by atoms with Gasteiger partial charge in [0.25, 0.3) is 0 Å². The van der Waals surface area contributed by atoms with Crippen LogP contribution in [0.1, 0.15) is 18.4 Å². The third-order valence-corrected chi connectivity index (χ3v) is 4.40. The third kappa shape index (κ3) is 7.64. The number of nitrogens with zero attached hydrogens (tertiary/aromatic N) is 2. The molecule has 1 aromatic rings. The van der Waals surface area contributed by atoms with Gasteiger partial charge in [-0.25, -0.2) is 0 Å². The van der Waals surface area contributed by atoms with Gasteiger partial charge < -0.3 is 20.3 Å². The van der Waals surface area contributed by atoms with E-state index in [1.165, 1.54) is 25.9 Å². The van der Waals surface area contributed by atoms with Crippen molar-refractivity contribution in [2.45, 2.75) is 19.4 Å². The van der Waals surface area contributed by atoms with Gasteiger partial charge in [-0.1, -0.05) is 30.9 Å². The van der Waals surface area contributed by atoms with Crippen molar-refractivity contribution in [2.75, 3.05) is 40.3 Å². The second-order valence-electron chi connectivity index (χ2n) is 6.26. The molecule has 25 heavy (non-hydrogen) atoms. The van der Waals surface area contributed by atoms with Crippen molar-refractivity contribution in [3.63, 3.8) is 0 Å². The van der Waals surface area contributed by atoms with Crippen LogP contribution in [-0.4, -0.2) is 51.2 Å². The quantitative estimate of drug-likeness (QED) is 0.286. The number of piperidine rings is 1. The van der Waals surface area contributed by atoms with Crippen LogP contribution in [0.4, 0.5) is 0 Å². The first-order valence-electron chi connectivity index (χ1n) is 8.67. The molecule has 0 spiro atoms. The van der Waals surface area contributed by atoms with Gasteiger partial charge in [-0.15, -0.1) is 24.0 Å². The lowest BCUT2D eigenvalue weighted by Crippen LogP contribution is -2.42. The summed E-state index contributed by atoms with van der Waals surface area (Å²) >= 11 is 0. The van der Waals surface area contributed by atoms with Crippen LogP contribution in [0.5, 0.6) is 5.75 Å². The predicted octanol–water partition coefficient (Wildman–Crippen LogP) is 2.88. The molecule has 1 fully saturated rings. The molecule has 1 heterocycles. The Kier molecular flexibility index (Phi) is 10.6. The average molecular weight is 458 g/mol. The number of hydrogen-bond acceptors (Lipinski definition) is 3. The number of aliphatic imine (C=N–C) groups is 1. The summed E-state index contributed by atoms with van der Waals surface area (Å²) in [5.41, 5.74) is 1.11. The minimum atomic E-state index is 0. The van der Waals surface area contributed by atoms with Crippen LogP contribution < -0.4 is 15.4 Å². The largest absolute Gasteiger partial charge is 0.489 e. The lowest BCUT2D eigenvalue weighted by atomic mass is 9.97. The maximum atomic E-state index is 5.69. The van der Waals surface area contributed by atoms with Crippen molar-refractivity contribution in [3.8, 4) is 5.75 Å². The lowest BCUT2D eigenvalue weighted by molar-refractivity contribution is 0.220. The average Bonchev–Trinajstić information content (AvgIpc) is 2.62. The van der Waals surface area contributed by atoms with Gasteiger partial charge >= 0.3 is 0 Å². The molecule has 6 heteroatoms. The van der Waals surface area contributed by atoms with Gasteiger partial charge in [0.1, 0.15) is 12.4 Å². The molecule has 0 saturated carbocycles. The SMILES string of the molecule is C=CCOc1ccccc1CNC(=NC)NCC1CCN(C)CC1.I. The van der Waals surface area contributed by atoms with Crippen LogP contribution in [0.25, 0.3) is 0 Å². The number of guanidine groups is 1. The molecule has 0 amide bonds. The number of nitrogens with one attached hydrogen (secondary N) is 2. The van der Waals surface area contributed by atoms with Crippen molar-refractivity contribution in [1.29, 1.82) is 0 Å². The molecule has 0 atom stereocenters. The fourth-order valence-electron chi connectivity index (χ4n) is 2.85. The van der Waals surface area contributed by atoms with E-state index in [2.05, 4.69) is 40.2 Å². The van der Waals surface area contributed by atoms with Crippen molar-refractivity contribution in [2.24, 2.45) is 10.9 Å². The van der Waals surface area contributed by atoms with E-state index in [-0.39, 0.29) is 24.0 Å². The van der Waals surface area contributed by atoms with Gasteiger partial charge in [-0.3, -0.25) is 4.99 Å². The van der Waals surface area contributed by atoms with Gasteiger partial charge in [0.15, 0.2) is 5.96 Å². The number of hydrogen-bond donors (Lipinski definition) is 2. The number of para-hydroxylation sites is 1. The number of ether oxygens (including phenoxy) is 1. The Bertz CT molecular complexity index is 542. The molecule has 2 rings (SSSR count). The lowest BCUT2D eigenvalue weighted by Gasteiger charge is -2.29. The number of rotatable bonds is 7. The zero-order valence-corrected chi connectivity index (χ0v) is 17.7. The Morgan fingerprint density at radius 3 is 2.72 bits per heavy atom. The van der Waals surface area contributed by atoms with E-state index in [1.54, 1.807) is 6.08 Å². The molecule has 1 aliphatic heterocycles. The minimum Gasteiger partial charge on any atom is -0.489 e. The number of likely N-dealkylation sites (tertiary alicyclic amines) is 1. The molecule has 2 N–H and O–H groups in total. The molecule has 0 aromatic heterocycles. The summed E-state index contributed by atoms with van der Waals surface area (Å²) in [6.45, 7) is 8.24. The standard InChI is InChI=1S/C19H30N4O.HI/c1-4-13-24-18-8-6-5-7-17(18)15-22-19(20-2)21-14-16-9-11-23(3)12-10-16;/h4-8,16H,1,9-15H2,2-3H3,(H2,20,21,22);1H. The minimum absolute atomic E-state index is 0. The summed E-state index contributed by atoms with van der Waals surface area (Å²) < 4.78 is 5.69. The number of benzene rings is 1. The molecule has 5 nitrogen and oxygen atoms in total. The zero-order chi connectivity index (χ0) is 17.2. The van der Waals surface area contributed by atoms with E-state index < -0.39 is 0 Å². The molecular formula is C19H31IN4O. The monoisotopic (exact) mass is 458 g/mol. The van der Waals surface area contributed by atoms with E-state index in [1.807, 2.05) is 25.2 Å². The van der Waals surface area contributed by atoms with Crippen molar-refractivity contribution in [3.05, 3.63) is 42.5 Å². The second kappa shape index (κ2) is 12.1. The second-order valence-corrected chi connectivity index (χ2v) is 6.26. The van der Waals surface area contributed by atoms with Gasteiger partial charge in [-0.2, -0.15) is 0 Å². The first-order valence-corrected chi connectivity index (χ1v) is 8.67. The predicted molar refractivity (Wildman–Crippen MR) is 116 cm³/mol. The van der Waals surface area contributed by atoms with Crippen LogP contribution in [0.15, 0.2) is 41.9 Å². The van der Waals surface area contributed by atoms with E-state index >= 15 is 0 Å². The highest BCUT2D eigenvalue weighted by Gasteiger charge is 2.16. The topological polar surface area (TPSA) is 48.9 Å². The summed E-state index contributed by atoms with van der Waals surface area (Å²) in [7, 11) is 4.00. The Hall–Kier alpha value is -1.28. The van der Waals surface area contributed by atoms with Gasteiger partial charge in [0.2, 0.25) is 0 Å². The Balaban J connectivity index is 0.00000312. The normalized spacial score (nSPS) is 16.0. The molecule has 0 radical (unpaired) electrons. The summed E-state index contributed by atoms with van der Waals surface area (Å²) in [4.78, 5) is 6.71. The first kappa shape index (κ1) is 21.8. The van der Waals surface area contributed by atoms with Crippen molar-refractivity contribution in [1.82, 2.24) is 15.5 Å². The van der Waals surface area contributed by atoms with E-state index in [4.69, 9.17) is 4.74 Å². The zero-order valence-electron chi connectivity index (χ0n) is 15.3. The van der Waals surface area contributed by atoms with Gasteiger partial charge in [-0.05, 0) is 45.0 Å². The molecule has 0 unspecified atom stereocenters. The van der Waals surface area contributed by atoms with Crippen LogP contribution in [-0.2, 0) is 6.54 Å². The van der Waals surface area contributed by atoms with Crippen LogP contribution in [0.2, 0.25) is 0 Å². The maximum Gasteiger partial charge on any atom is 0.191 e. The van der Waals surface area contributed by atoms with E-state index in [0.29, 0.717) is 13.2 Å². The Morgan fingerprint density at radius 1 is 1.32 bits per heavy atom. The van der Waals surface area contributed by atoms with Crippen LogP contribution in [0, 0.1) is 5.92 Å². The van der Waals surface area contributed by atoms with Crippen molar-refractivity contribution < 1.29 is 4.74 Å². The smallest absolute Gasteiger partial charge is 0.191 e. The summed E-state index contributed by atoms with van der Waals surface area (Å²) in [6, 6.07) is 8.05. The Morgan fingerprint density at radius 2 is 2.04 bits per heavy atom. The Labute approximate surface area is 168 Å². The molecule has 0 bridgehead atoms. The van der Waals surface area contributed by atoms with Crippen molar-refractivity contribution >= 4 is 29.9 Å². The fraction of sp³-hybridized carbons (Fsp3) is 0.526. The van der Waals surface area contributed by atoms with Gasteiger partial charge in [0.05, 0.1) is 0 Å². The molecule has 1 aromatic carbocycles. The maximum absolute atomic E-state index is 5.69. The first-order chi connectivity index (χ1) is 11.7. The molecule has 140 valence electrons. The summed E-state index contributed by atoms with van der Waals surface area (Å²) in [5, 5.41) is 6.82. The third-order valence-electron chi connectivity index (χ3n) is 4.40. The van der Waals surface area contributed by atoms with Gasteiger partial charge in [0, 0.05) is 25.7 Å². The summed E-state index contributed by atoms with van der Waals surface area (Å²) in [6.07, 6.45) is 4.25. The number of halogens is 1. The van der Waals surface area contributed by atoms with E-state index in [9.17, 15) is 0 Å². The van der Waals surface area contributed by atoms with Crippen LogP contribution in [0.3, 0.4) is 0 Å². The molecule has 1 aliphatic rings. The highest BCUT2D eigenvalue weighted by atomic mass is 127. The summed E-state index contributed by atoms with van der Waals surface area (Å²) in [5.74, 6) is 2.45. The van der Waals surface area contributed by atoms with E-state index in [0.717, 1.165) is 29.7 Å². The highest BCUT2D eigenvalue weighted by Crippen LogP contribution is 2.18. The fourth-order valence-corrected chi connectivity index (χ4v) is 2.85.